The monoisotopic (exact) mass is 438 g/mol. The summed E-state index contributed by atoms with van der Waals surface area (Å²) in [6.45, 7) is 5.96. The first-order valence-electron chi connectivity index (χ1n) is 11.0. The molecule has 0 bridgehead atoms. The summed E-state index contributed by atoms with van der Waals surface area (Å²) >= 11 is 1.63. The normalized spacial score (nSPS) is 24.0. The van der Waals surface area contributed by atoms with Crippen LogP contribution in [0, 0.1) is 11.8 Å². The number of ketones is 1. The van der Waals surface area contributed by atoms with Gasteiger partial charge in [0.1, 0.15) is 5.78 Å². The molecule has 0 radical (unpaired) electrons. The zero-order valence-corrected chi connectivity index (χ0v) is 19.0. The van der Waals surface area contributed by atoms with Gasteiger partial charge in [0, 0.05) is 29.8 Å². The molecule has 1 rings (SSSR count). The van der Waals surface area contributed by atoms with E-state index >= 15 is 0 Å². The van der Waals surface area contributed by atoms with Crippen molar-refractivity contribution < 1.29 is 24.9 Å². The number of carbonyl (C=O) groups excluding carboxylic acids is 1. The molecule has 3 N–H and O–H groups in total. The number of thioether (sulfide) groups is 1. The maximum absolute atomic E-state index is 12.6. The van der Waals surface area contributed by atoms with E-state index < -0.39 is 11.6 Å². The molecule has 0 aromatic carbocycles. The molecule has 1 unspecified atom stereocenters. The molecule has 1 aliphatic carbocycles. The second kappa shape index (κ2) is 14.6. The lowest BCUT2D eigenvalue weighted by atomic mass is 9.89. The Hall–Kier alpha value is -1.37. The van der Waals surface area contributed by atoms with E-state index in [4.69, 9.17) is 5.11 Å². The number of hydrogen-bond donors (Lipinski definition) is 3. The Morgan fingerprint density at radius 3 is 2.70 bits per heavy atom. The Kier molecular flexibility index (Phi) is 13.0. The van der Waals surface area contributed by atoms with Gasteiger partial charge in [0.05, 0.1) is 12.2 Å². The van der Waals surface area contributed by atoms with Crippen LogP contribution in [0.1, 0.15) is 64.7 Å². The third-order valence-electron chi connectivity index (χ3n) is 5.62. The van der Waals surface area contributed by atoms with Crippen LogP contribution in [0.3, 0.4) is 0 Å². The van der Waals surface area contributed by atoms with Crippen molar-refractivity contribution in [2.45, 2.75) is 75.6 Å². The number of aliphatic hydroxyl groups excluding tert-OH is 1. The van der Waals surface area contributed by atoms with Crippen molar-refractivity contribution in [1.29, 1.82) is 0 Å². The average molecular weight is 439 g/mol. The minimum absolute atomic E-state index is 0.0676. The lowest BCUT2D eigenvalue weighted by molar-refractivity contribution is -0.137. The molecular weight excluding hydrogens is 400 g/mol. The molecular formula is C24H38O5S. The molecule has 0 aliphatic heterocycles. The lowest BCUT2D eigenvalue weighted by Gasteiger charge is -2.24. The molecule has 6 heteroatoms. The Bertz CT molecular complexity index is 600. The van der Waals surface area contributed by atoms with Gasteiger partial charge in [-0.15, -0.1) is 6.58 Å². The third kappa shape index (κ3) is 9.63. The number of carboxylic acid groups (broad SMARTS) is 1. The van der Waals surface area contributed by atoms with E-state index in [-0.39, 0.29) is 35.9 Å². The van der Waals surface area contributed by atoms with Crippen LogP contribution in [0.15, 0.2) is 37.0 Å². The summed E-state index contributed by atoms with van der Waals surface area (Å²) in [7, 11) is 0. The highest BCUT2D eigenvalue weighted by molar-refractivity contribution is 8.00. The van der Waals surface area contributed by atoms with Gasteiger partial charge in [-0.25, -0.2) is 0 Å². The van der Waals surface area contributed by atoms with Crippen molar-refractivity contribution in [2.75, 3.05) is 12.4 Å². The van der Waals surface area contributed by atoms with Crippen LogP contribution in [0.5, 0.6) is 0 Å². The van der Waals surface area contributed by atoms with Crippen LogP contribution in [-0.2, 0) is 9.59 Å². The molecule has 0 amide bonds. The first-order valence-corrected chi connectivity index (χ1v) is 12.1. The quantitative estimate of drug-likeness (QED) is 0.242. The molecule has 1 saturated carbocycles. The van der Waals surface area contributed by atoms with Crippen LogP contribution in [0.2, 0.25) is 0 Å². The average Bonchev–Trinajstić information content (AvgIpc) is 3.01. The summed E-state index contributed by atoms with van der Waals surface area (Å²) in [4.78, 5) is 23.2. The van der Waals surface area contributed by atoms with E-state index in [2.05, 4.69) is 19.6 Å². The summed E-state index contributed by atoms with van der Waals surface area (Å²) in [5.74, 6) is 0.00761. The van der Waals surface area contributed by atoms with E-state index in [0.29, 0.717) is 44.3 Å². The topological polar surface area (TPSA) is 94.8 Å². The molecule has 0 heterocycles. The summed E-state index contributed by atoms with van der Waals surface area (Å²) in [5.41, 5.74) is -0.914. The second-order valence-electron chi connectivity index (χ2n) is 8.02. The van der Waals surface area contributed by atoms with E-state index in [1.54, 1.807) is 17.8 Å². The van der Waals surface area contributed by atoms with Gasteiger partial charge in [0.2, 0.25) is 0 Å². The van der Waals surface area contributed by atoms with Gasteiger partial charge in [0.15, 0.2) is 0 Å². The van der Waals surface area contributed by atoms with Gasteiger partial charge >= 0.3 is 5.97 Å². The standard InChI is InChI=1S/C24H38O5S/c1-3-5-14-24(29,4-2)15-10-12-20-19(11-8-6-7-9-13-23(27)28)21(26)18-22(20)30-17-16-25/h4,6,8,10,12,19-20,22,25,29H,2-3,5,7,9,11,13-18H2,1H3,(H,27,28)/t19-,20-,22-,24?/m1/s1. The summed E-state index contributed by atoms with van der Waals surface area (Å²) in [6, 6.07) is 0. The van der Waals surface area contributed by atoms with Gasteiger partial charge in [-0.3, -0.25) is 9.59 Å². The van der Waals surface area contributed by atoms with E-state index in [1.807, 2.05) is 18.2 Å². The van der Waals surface area contributed by atoms with Gasteiger partial charge in [0.25, 0.3) is 0 Å². The van der Waals surface area contributed by atoms with Crippen LogP contribution in [0.25, 0.3) is 0 Å². The Morgan fingerprint density at radius 1 is 1.30 bits per heavy atom. The highest BCUT2D eigenvalue weighted by Crippen LogP contribution is 2.40. The number of carboxylic acids is 1. The van der Waals surface area contributed by atoms with Gasteiger partial charge in [-0.2, -0.15) is 11.8 Å². The molecule has 0 saturated heterocycles. The predicted octanol–water partition coefficient (Wildman–Crippen LogP) is 4.54. The molecule has 4 atom stereocenters. The fraction of sp³-hybridized carbons (Fsp3) is 0.667. The smallest absolute Gasteiger partial charge is 0.303 e. The first kappa shape index (κ1) is 26.7. The van der Waals surface area contributed by atoms with Crippen LogP contribution >= 0.6 is 11.8 Å². The summed E-state index contributed by atoms with van der Waals surface area (Å²) in [6.07, 6.45) is 15.3. The fourth-order valence-corrected chi connectivity index (χ4v) is 5.00. The van der Waals surface area contributed by atoms with Crippen molar-refractivity contribution >= 4 is 23.5 Å². The molecule has 1 fully saturated rings. The van der Waals surface area contributed by atoms with Gasteiger partial charge < -0.3 is 15.3 Å². The van der Waals surface area contributed by atoms with Gasteiger partial charge in [-0.05, 0) is 38.0 Å². The molecule has 30 heavy (non-hydrogen) atoms. The molecule has 170 valence electrons. The number of carbonyl (C=O) groups is 2. The number of allylic oxidation sites excluding steroid dienone is 3. The molecule has 0 aromatic heterocycles. The van der Waals surface area contributed by atoms with Crippen molar-refractivity contribution in [1.82, 2.24) is 0 Å². The minimum Gasteiger partial charge on any atom is -0.481 e. The van der Waals surface area contributed by atoms with Gasteiger partial charge in [-0.1, -0.05) is 50.1 Å². The SMILES string of the molecule is C=CC(O)(CC=C[C@H]1[C@H](SCCO)CC(=O)[C@@H]1CC=CCCCC(=O)O)CCCC. The maximum atomic E-state index is 12.6. The highest BCUT2D eigenvalue weighted by Gasteiger charge is 2.40. The van der Waals surface area contributed by atoms with Crippen LogP contribution in [0.4, 0.5) is 0 Å². The summed E-state index contributed by atoms with van der Waals surface area (Å²) < 4.78 is 0. The number of Topliss-reactive ketones (excluding diaryl/α,β-unsaturated/α-hetero) is 1. The minimum atomic E-state index is -0.914. The number of unbranched alkanes of at least 4 members (excludes halogenated alkanes) is 2. The predicted molar refractivity (Wildman–Crippen MR) is 124 cm³/mol. The zero-order valence-electron chi connectivity index (χ0n) is 18.2. The number of aliphatic carboxylic acids is 1. The Labute approximate surface area is 185 Å². The maximum Gasteiger partial charge on any atom is 0.303 e. The largest absolute Gasteiger partial charge is 0.481 e. The number of rotatable bonds is 16. The lowest BCUT2D eigenvalue weighted by Crippen LogP contribution is -2.24. The molecule has 0 spiro atoms. The van der Waals surface area contributed by atoms with Crippen molar-refractivity contribution in [3.63, 3.8) is 0 Å². The van der Waals surface area contributed by atoms with E-state index in [9.17, 15) is 19.8 Å². The summed E-state index contributed by atoms with van der Waals surface area (Å²) in [5, 5.41) is 28.7. The molecule has 1 aliphatic rings. The van der Waals surface area contributed by atoms with E-state index in [0.717, 1.165) is 12.8 Å². The highest BCUT2D eigenvalue weighted by atomic mass is 32.2. The van der Waals surface area contributed by atoms with Crippen LogP contribution in [-0.4, -0.2) is 50.3 Å². The first-order chi connectivity index (χ1) is 14.4. The molecule has 0 aromatic rings. The van der Waals surface area contributed by atoms with Crippen molar-refractivity contribution in [2.24, 2.45) is 11.8 Å². The second-order valence-corrected chi connectivity index (χ2v) is 9.37. The number of hydrogen-bond acceptors (Lipinski definition) is 5. The Morgan fingerprint density at radius 2 is 2.07 bits per heavy atom. The van der Waals surface area contributed by atoms with Crippen molar-refractivity contribution in [3.8, 4) is 0 Å². The van der Waals surface area contributed by atoms with Crippen LogP contribution < -0.4 is 0 Å². The van der Waals surface area contributed by atoms with Crippen molar-refractivity contribution in [3.05, 3.63) is 37.0 Å². The molecule has 5 nitrogen and oxygen atoms in total. The number of aliphatic hydroxyl groups is 2. The zero-order chi connectivity index (χ0) is 22.4. The fourth-order valence-electron chi connectivity index (χ4n) is 3.81. The van der Waals surface area contributed by atoms with E-state index in [1.165, 1.54) is 0 Å². The third-order valence-corrected chi connectivity index (χ3v) is 6.95. The Balaban J connectivity index is 2.76.